The van der Waals surface area contributed by atoms with E-state index in [1.54, 1.807) is 0 Å². The second kappa shape index (κ2) is 5.87. The summed E-state index contributed by atoms with van der Waals surface area (Å²) in [6, 6.07) is 3.81. The minimum atomic E-state index is 0.422. The normalized spacial score (nSPS) is 20.2. The van der Waals surface area contributed by atoms with Crippen molar-refractivity contribution in [1.29, 1.82) is 0 Å². The largest absolute Gasteiger partial charge is 0.397 e. The maximum atomic E-state index is 5.72. The van der Waals surface area contributed by atoms with Gasteiger partial charge in [-0.2, -0.15) is 0 Å². The second-order valence-corrected chi connectivity index (χ2v) is 4.58. The predicted molar refractivity (Wildman–Crippen MR) is 70.1 cm³/mol. The number of pyridine rings is 1. The molecule has 0 radical (unpaired) electrons. The molecule has 1 fully saturated rings. The summed E-state index contributed by atoms with van der Waals surface area (Å²) in [6.07, 6.45) is 5.17. The van der Waals surface area contributed by atoms with Crippen LogP contribution in [0.25, 0.3) is 0 Å². The molecule has 3 N–H and O–H groups in total. The summed E-state index contributed by atoms with van der Waals surface area (Å²) in [6.45, 7) is 3.75. The Kier molecular flexibility index (Phi) is 4.20. The number of anilines is 2. The molecular formula is C13H21N3O. The van der Waals surface area contributed by atoms with Gasteiger partial charge in [0, 0.05) is 13.2 Å². The van der Waals surface area contributed by atoms with Crippen LogP contribution in [0.3, 0.4) is 0 Å². The minimum absolute atomic E-state index is 0.422. The van der Waals surface area contributed by atoms with E-state index in [9.17, 15) is 0 Å². The molecule has 1 aliphatic heterocycles. The Morgan fingerprint density at radius 1 is 1.47 bits per heavy atom. The molecule has 17 heavy (non-hydrogen) atoms. The summed E-state index contributed by atoms with van der Waals surface area (Å²) in [4.78, 5) is 4.38. The van der Waals surface area contributed by atoms with Gasteiger partial charge in [-0.05, 0) is 44.7 Å². The standard InChI is InChI=1S/C13H21N3O/c1-10-12(14)5-6-13(16-10)15-8-7-11-4-2-3-9-17-11/h5-6,11H,2-4,7-9,14H2,1H3,(H,15,16). The van der Waals surface area contributed by atoms with Crippen molar-refractivity contribution in [3.63, 3.8) is 0 Å². The number of nitrogen functional groups attached to an aromatic ring is 1. The van der Waals surface area contributed by atoms with Crippen LogP contribution < -0.4 is 11.1 Å². The number of nitrogens with two attached hydrogens (primary N) is 1. The molecule has 0 aliphatic carbocycles. The fourth-order valence-electron chi connectivity index (χ4n) is 2.07. The van der Waals surface area contributed by atoms with Crippen LogP contribution in [0, 0.1) is 6.92 Å². The van der Waals surface area contributed by atoms with E-state index in [1.807, 2.05) is 19.1 Å². The predicted octanol–water partition coefficient (Wildman–Crippen LogP) is 2.34. The number of nitrogens with one attached hydrogen (secondary N) is 1. The Hall–Kier alpha value is -1.29. The third kappa shape index (κ3) is 3.60. The molecule has 0 spiro atoms. The van der Waals surface area contributed by atoms with Gasteiger partial charge in [0.2, 0.25) is 0 Å². The molecule has 0 aromatic carbocycles. The van der Waals surface area contributed by atoms with Gasteiger partial charge in [0.1, 0.15) is 5.82 Å². The highest BCUT2D eigenvalue weighted by Gasteiger charge is 2.12. The van der Waals surface area contributed by atoms with Gasteiger partial charge in [-0.3, -0.25) is 0 Å². The lowest BCUT2D eigenvalue weighted by Gasteiger charge is -2.22. The fourth-order valence-corrected chi connectivity index (χ4v) is 2.07. The number of hydrogen-bond donors (Lipinski definition) is 2. The van der Waals surface area contributed by atoms with Gasteiger partial charge in [0.25, 0.3) is 0 Å². The van der Waals surface area contributed by atoms with Crippen LogP contribution in [0.4, 0.5) is 11.5 Å². The molecule has 4 heteroatoms. The van der Waals surface area contributed by atoms with E-state index in [1.165, 1.54) is 19.3 Å². The first-order chi connectivity index (χ1) is 8.25. The Morgan fingerprint density at radius 2 is 2.35 bits per heavy atom. The van der Waals surface area contributed by atoms with Gasteiger partial charge in [-0.25, -0.2) is 4.98 Å². The van der Waals surface area contributed by atoms with Crippen molar-refractivity contribution in [2.45, 2.75) is 38.7 Å². The summed E-state index contributed by atoms with van der Waals surface area (Å²) in [5, 5.41) is 3.31. The smallest absolute Gasteiger partial charge is 0.126 e. The van der Waals surface area contributed by atoms with Gasteiger partial charge in [0.15, 0.2) is 0 Å². The number of rotatable bonds is 4. The zero-order chi connectivity index (χ0) is 12.1. The van der Waals surface area contributed by atoms with Gasteiger partial charge >= 0.3 is 0 Å². The van der Waals surface area contributed by atoms with Crippen molar-refractivity contribution in [2.75, 3.05) is 24.2 Å². The average molecular weight is 235 g/mol. The van der Waals surface area contributed by atoms with Crippen LogP contribution in [0.2, 0.25) is 0 Å². The van der Waals surface area contributed by atoms with E-state index >= 15 is 0 Å². The highest BCUT2D eigenvalue weighted by Crippen LogP contribution is 2.16. The van der Waals surface area contributed by atoms with E-state index in [2.05, 4.69) is 10.3 Å². The van der Waals surface area contributed by atoms with Crippen molar-refractivity contribution in [3.05, 3.63) is 17.8 Å². The molecule has 0 bridgehead atoms. The van der Waals surface area contributed by atoms with E-state index in [0.717, 1.165) is 36.8 Å². The Bertz CT molecular complexity index is 362. The van der Waals surface area contributed by atoms with Crippen LogP contribution in [-0.2, 0) is 4.74 Å². The van der Waals surface area contributed by atoms with Crippen molar-refractivity contribution >= 4 is 11.5 Å². The lowest BCUT2D eigenvalue weighted by atomic mass is 10.1. The van der Waals surface area contributed by atoms with Crippen molar-refractivity contribution in [2.24, 2.45) is 0 Å². The van der Waals surface area contributed by atoms with E-state index in [-0.39, 0.29) is 0 Å². The topological polar surface area (TPSA) is 60.2 Å². The number of hydrogen-bond acceptors (Lipinski definition) is 4. The molecular weight excluding hydrogens is 214 g/mol. The molecule has 0 saturated carbocycles. The SMILES string of the molecule is Cc1nc(NCCC2CCCCO2)ccc1N. The Labute approximate surface area is 103 Å². The maximum absolute atomic E-state index is 5.72. The first-order valence-corrected chi connectivity index (χ1v) is 6.34. The number of nitrogens with zero attached hydrogens (tertiary/aromatic N) is 1. The molecule has 1 aliphatic rings. The summed E-state index contributed by atoms with van der Waals surface area (Å²) >= 11 is 0. The van der Waals surface area contributed by atoms with Crippen molar-refractivity contribution < 1.29 is 4.74 Å². The highest BCUT2D eigenvalue weighted by molar-refractivity contribution is 5.48. The summed E-state index contributed by atoms with van der Waals surface area (Å²) in [5.74, 6) is 0.896. The van der Waals surface area contributed by atoms with E-state index in [0.29, 0.717) is 6.10 Å². The lowest BCUT2D eigenvalue weighted by molar-refractivity contribution is 0.0134. The van der Waals surface area contributed by atoms with Gasteiger partial charge < -0.3 is 15.8 Å². The summed E-state index contributed by atoms with van der Waals surface area (Å²) in [7, 11) is 0. The zero-order valence-electron chi connectivity index (χ0n) is 10.4. The fraction of sp³-hybridized carbons (Fsp3) is 0.615. The van der Waals surface area contributed by atoms with Crippen LogP contribution in [0.15, 0.2) is 12.1 Å². The molecule has 1 unspecified atom stereocenters. The number of ether oxygens (including phenoxy) is 1. The van der Waals surface area contributed by atoms with Crippen molar-refractivity contribution in [3.8, 4) is 0 Å². The Balaban J connectivity index is 1.75. The van der Waals surface area contributed by atoms with Crippen molar-refractivity contribution in [1.82, 2.24) is 4.98 Å². The molecule has 4 nitrogen and oxygen atoms in total. The monoisotopic (exact) mass is 235 g/mol. The minimum Gasteiger partial charge on any atom is -0.397 e. The summed E-state index contributed by atoms with van der Waals surface area (Å²) < 4.78 is 5.68. The van der Waals surface area contributed by atoms with Crippen LogP contribution in [-0.4, -0.2) is 24.2 Å². The first kappa shape index (κ1) is 12.2. The second-order valence-electron chi connectivity index (χ2n) is 4.58. The van der Waals surface area contributed by atoms with Gasteiger partial charge in [-0.15, -0.1) is 0 Å². The van der Waals surface area contributed by atoms with Crippen LogP contribution >= 0.6 is 0 Å². The van der Waals surface area contributed by atoms with E-state index in [4.69, 9.17) is 10.5 Å². The summed E-state index contributed by atoms with van der Waals surface area (Å²) in [5.41, 5.74) is 7.34. The third-order valence-electron chi connectivity index (χ3n) is 3.17. The average Bonchev–Trinajstić information content (AvgIpc) is 2.35. The Morgan fingerprint density at radius 3 is 3.06 bits per heavy atom. The maximum Gasteiger partial charge on any atom is 0.126 e. The molecule has 1 saturated heterocycles. The quantitative estimate of drug-likeness (QED) is 0.841. The lowest BCUT2D eigenvalue weighted by Crippen LogP contribution is -2.22. The molecule has 1 atom stereocenters. The zero-order valence-corrected chi connectivity index (χ0v) is 10.4. The molecule has 2 heterocycles. The first-order valence-electron chi connectivity index (χ1n) is 6.34. The third-order valence-corrected chi connectivity index (χ3v) is 3.17. The highest BCUT2D eigenvalue weighted by atomic mass is 16.5. The molecule has 94 valence electrons. The number of aromatic nitrogens is 1. The van der Waals surface area contributed by atoms with Gasteiger partial charge in [-0.1, -0.05) is 0 Å². The molecule has 2 rings (SSSR count). The molecule has 1 aromatic rings. The van der Waals surface area contributed by atoms with Crippen LogP contribution in [0.5, 0.6) is 0 Å². The van der Waals surface area contributed by atoms with Gasteiger partial charge in [0.05, 0.1) is 17.5 Å². The molecule has 0 amide bonds. The molecule has 1 aromatic heterocycles. The van der Waals surface area contributed by atoms with Crippen LogP contribution in [0.1, 0.15) is 31.4 Å². The van der Waals surface area contributed by atoms with E-state index < -0.39 is 0 Å². The number of aryl methyl sites for hydroxylation is 1.